The molecule has 0 aromatic heterocycles. The molecule has 1 unspecified atom stereocenters. The maximum absolute atomic E-state index is 3.52. The number of anilines is 1. The van der Waals surface area contributed by atoms with Crippen LogP contribution in [0.5, 0.6) is 0 Å². The van der Waals surface area contributed by atoms with Gasteiger partial charge in [0.1, 0.15) is 0 Å². The van der Waals surface area contributed by atoms with Crippen molar-refractivity contribution in [3.8, 4) is 0 Å². The van der Waals surface area contributed by atoms with E-state index in [0.717, 1.165) is 19.6 Å². The molecule has 1 fully saturated rings. The Balaban J connectivity index is 1.87. The van der Waals surface area contributed by atoms with Crippen LogP contribution in [0.4, 0.5) is 5.69 Å². The molecule has 2 aromatic rings. The molecule has 1 aliphatic heterocycles. The van der Waals surface area contributed by atoms with Gasteiger partial charge in [-0.2, -0.15) is 0 Å². The molecule has 0 amide bonds. The number of rotatable bonds is 3. The first-order chi connectivity index (χ1) is 10.3. The maximum atomic E-state index is 3.52. The predicted molar refractivity (Wildman–Crippen MR) is 89.9 cm³/mol. The number of piperazine rings is 1. The van der Waals surface area contributed by atoms with Gasteiger partial charge in [0.2, 0.25) is 0 Å². The van der Waals surface area contributed by atoms with Crippen molar-refractivity contribution in [1.82, 2.24) is 5.32 Å². The van der Waals surface area contributed by atoms with E-state index in [1.54, 1.807) is 0 Å². The van der Waals surface area contributed by atoms with Crippen molar-refractivity contribution in [2.45, 2.75) is 25.8 Å². The Labute approximate surface area is 127 Å². The summed E-state index contributed by atoms with van der Waals surface area (Å²) >= 11 is 0. The summed E-state index contributed by atoms with van der Waals surface area (Å²) in [5.74, 6) is 0.590. The summed E-state index contributed by atoms with van der Waals surface area (Å²) in [6.45, 7) is 7.60. The van der Waals surface area contributed by atoms with E-state index in [9.17, 15) is 0 Å². The number of hydrogen-bond donors (Lipinski definition) is 1. The molecule has 21 heavy (non-hydrogen) atoms. The van der Waals surface area contributed by atoms with Crippen LogP contribution >= 0.6 is 0 Å². The van der Waals surface area contributed by atoms with E-state index in [-0.39, 0.29) is 0 Å². The highest BCUT2D eigenvalue weighted by molar-refractivity contribution is 5.51. The van der Waals surface area contributed by atoms with E-state index in [2.05, 4.69) is 78.7 Å². The zero-order chi connectivity index (χ0) is 14.7. The summed E-state index contributed by atoms with van der Waals surface area (Å²) in [6, 6.07) is 20.3. The lowest BCUT2D eigenvalue weighted by Gasteiger charge is -2.38. The van der Waals surface area contributed by atoms with Crippen molar-refractivity contribution in [2.75, 3.05) is 24.5 Å². The fourth-order valence-corrected chi connectivity index (χ4v) is 3.04. The van der Waals surface area contributed by atoms with Crippen LogP contribution in [-0.4, -0.2) is 19.6 Å². The van der Waals surface area contributed by atoms with Crippen molar-refractivity contribution in [2.24, 2.45) is 0 Å². The Kier molecular flexibility index (Phi) is 4.26. The van der Waals surface area contributed by atoms with Crippen molar-refractivity contribution in [1.29, 1.82) is 0 Å². The lowest BCUT2D eigenvalue weighted by molar-refractivity contribution is 0.490. The van der Waals surface area contributed by atoms with Crippen LogP contribution in [-0.2, 0) is 0 Å². The van der Waals surface area contributed by atoms with E-state index < -0.39 is 0 Å². The summed E-state index contributed by atoms with van der Waals surface area (Å²) < 4.78 is 0. The third kappa shape index (κ3) is 3.11. The number of benzene rings is 2. The second kappa shape index (κ2) is 6.31. The molecular weight excluding hydrogens is 256 g/mol. The van der Waals surface area contributed by atoms with Gasteiger partial charge < -0.3 is 10.2 Å². The first kappa shape index (κ1) is 14.2. The molecule has 3 rings (SSSR count). The molecule has 2 aromatic carbocycles. The molecule has 0 radical (unpaired) electrons. The summed E-state index contributed by atoms with van der Waals surface area (Å²) in [7, 11) is 0. The largest absolute Gasteiger partial charge is 0.362 e. The topological polar surface area (TPSA) is 15.3 Å². The van der Waals surface area contributed by atoms with Gasteiger partial charge in [-0.05, 0) is 29.2 Å². The van der Waals surface area contributed by atoms with Crippen LogP contribution in [0.1, 0.15) is 36.9 Å². The molecule has 0 aliphatic carbocycles. The molecule has 1 heterocycles. The molecule has 110 valence electrons. The number of nitrogens with one attached hydrogen (secondary N) is 1. The van der Waals surface area contributed by atoms with Crippen molar-refractivity contribution >= 4 is 5.69 Å². The summed E-state index contributed by atoms with van der Waals surface area (Å²) in [5, 5.41) is 3.52. The van der Waals surface area contributed by atoms with Gasteiger partial charge in [-0.1, -0.05) is 56.3 Å². The van der Waals surface area contributed by atoms with Crippen LogP contribution < -0.4 is 10.2 Å². The highest BCUT2D eigenvalue weighted by Crippen LogP contribution is 2.29. The Morgan fingerprint density at radius 1 is 1.00 bits per heavy atom. The zero-order valence-corrected chi connectivity index (χ0v) is 12.9. The molecule has 2 nitrogen and oxygen atoms in total. The first-order valence-corrected chi connectivity index (χ1v) is 7.88. The average molecular weight is 280 g/mol. The minimum absolute atomic E-state index is 0.421. The number of hydrogen-bond acceptors (Lipinski definition) is 2. The number of nitrogens with zero attached hydrogens (tertiary/aromatic N) is 1. The molecule has 2 heteroatoms. The summed E-state index contributed by atoms with van der Waals surface area (Å²) in [4.78, 5) is 2.52. The quantitative estimate of drug-likeness (QED) is 0.915. The fourth-order valence-electron chi connectivity index (χ4n) is 3.04. The van der Waals surface area contributed by atoms with E-state index >= 15 is 0 Å². The van der Waals surface area contributed by atoms with Crippen LogP contribution in [0, 0.1) is 0 Å². The summed E-state index contributed by atoms with van der Waals surface area (Å²) in [6.07, 6.45) is 0. The van der Waals surface area contributed by atoms with Gasteiger partial charge in [-0.3, -0.25) is 0 Å². The van der Waals surface area contributed by atoms with Gasteiger partial charge in [-0.25, -0.2) is 0 Å². The minimum Gasteiger partial charge on any atom is -0.362 e. The Morgan fingerprint density at radius 2 is 1.71 bits per heavy atom. The van der Waals surface area contributed by atoms with Crippen LogP contribution in [0.2, 0.25) is 0 Å². The third-order valence-corrected chi connectivity index (χ3v) is 4.32. The third-order valence-electron chi connectivity index (χ3n) is 4.32. The van der Waals surface area contributed by atoms with Crippen LogP contribution in [0.15, 0.2) is 54.6 Å². The average Bonchev–Trinajstić information content (AvgIpc) is 2.56. The van der Waals surface area contributed by atoms with Crippen molar-refractivity contribution in [3.63, 3.8) is 0 Å². The molecule has 0 bridgehead atoms. The van der Waals surface area contributed by atoms with E-state index in [0.29, 0.717) is 12.0 Å². The molecule has 1 N–H and O–H groups in total. The smallest absolute Gasteiger partial charge is 0.0667 e. The maximum Gasteiger partial charge on any atom is 0.0667 e. The Hall–Kier alpha value is -1.80. The summed E-state index contributed by atoms with van der Waals surface area (Å²) in [5.41, 5.74) is 4.12. The van der Waals surface area contributed by atoms with E-state index in [1.165, 1.54) is 16.8 Å². The van der Waals surface area contributed by atoms with Crippen molar-refractivity contribution in [3.05, 3.63) is 65.7 Å². The zero-order valence-electron chi connectivity index (χ0n) is 12.9. The van der Waals surface area contributed by atoms with Crippen LogP contribution in [0.3, 0.4) is 0 Å². The van der Waals surface area contributed by atoms with Crippen LogP contribution in [0.25, 0.3) is 0 Å². The first-order valence-electron chi connectivity index (χ1n) is 7.88. The van der Waals surface area contributed by atoms with Gasteiger partial charge in [0.05, 0.1) is 6.04 Å². The Bertz CT molecular complexity index is 560. The van der Waals surface area contributed by atoms with E-state index in [1.807, 2.05) is 0 Å². The fraction of sp³-hybridized carbons (Fsp3) is 0.368. The van der Waals surface area contributed by atoms with Gasteiger partial charge in [0, 0.05) is 25.3 Å². The molecule has 1 atom stereocenters. The minimum atomic E-state index is 0.421. The highest BCUT2D eigenvalue weighted by atomic mass is 15.2. The standard InChI is InChI=1S/C19H24N2/c1-15(2)16-8-10-18(11-9-16)21-13-12-20-14-19(21)17-6-4-3-5-7-17/h3-11,15,19-20H,12-14H2,1-2H3. The normalized spacial score (nSPS) is 19.0. The van der Waals surface area contributed by atoms with Gasteiger partial charge >= 0.3 is 0 Å². The molecule has 0 spiro atoms. The second-order valence-electron chi connectivity index (χ2n) is 6.07. The monoisotopic (exact) mass is 280 g/mol. The molecule has 0 saturated carbocycles. The Morgan fingerprint density at radius 3 is 2.38 bits per heavy atom. The van der Waals surface area contributed by atoms with E-state index in [4.69, 9.17) is 0 Å². The molecular formula is C19H24N2. The van der Waals surface area contributed by atoms with Gasteiger partial charge in [0.25, 0.3) is 0 Å². The van der Waals surface area contributed by atoms with Crippen molar-refractivity contribution < 1.29 is 0 Å². The van der Waals surface area contributed by atoms with Gasteiger partial charge in [-0.15, -0.1) is 0 Å². The SMILES string of the molecule is CC(C)c1ccc(N2CCNCC2c2ccccc2)cc1. The van der Waals surface area contributed by atoms with Gasteiger partial charge in [0.15, 0.2) is 0 Å². The predicted octanol–water partition coefficient (Wildman–Crippen LogP) is 3.96. The lowest BCUT2D eigenvalue weighted by atomic mass is 10.00. The molecule has 1 aliphatic rings. The molecule has 1 saturated heterocycles. The second-order valence-corrected chi connectivity index (χ2v) is 6.07. The lowest BCUT2D eigenvalue weighted by Crippen LogP contribution is -2.46. The highest BCUT2D eigenvalue weighted by Gasteiger charge is 2.23.